The number of aromatic hydroxyl groups is 3. The van der Waals surface area contributed by atoms with E-state index in [1.54, 1.807) is 24.3 Å². The molecule has 0 spiro atoms. The first-order chi connectivity index (χ1) is 7.18. The highest BCUT2D eigenvalue weighted by Gasteiger charge is 2.11. The van der Waals surface area contributed by atoms with E-state index < -0.39 is 0 Å². The molecule has 2 aromatic rings. The monoisotopic (exact) mass is 201 g/mol. The molecule has 3 heteroatoms. The molecule has 0 aliphatic rings. The molecule has 0 fully saturated rings. The zero-order chi connectivity index (χ0) is 10.8. The molecule has 0 heterocycles. The lowest BCUT2D eigenvalue weighted by Crippen LogP contribution is -1.80. The molecule has 0 saturated carbocycles. The molecule has 0 atom stereocenters. The maximum Gasteiger partial charge on any atom is 0.138 e. The van der Waals surface area contributed by atoms with Crippen LogP contribution >= 0.6 is 0 Å². The maximum absolute atomic E-state index is 9.59. The van der Waals surface area contributed by atoms with Crippen molar-refractivity contribution in [1.82, 2.24) is 0 Å². The Kier molecular flexibility index (Phi) is 2.21. The van der Waals surface area contributed by atoms with Gasteiger partial charge in [0, 0.05) is 6.07 Å². The zero-order valence-corrected chi connectivity index (χ0v) is 7.81. The molecule has 0 bridgehead atoms. The van der Waals surface area contributed by atoms with Crippen LogP contribution in [0.15, 0.2) is 36.4 Å². The predicted octanol–water partition coefficient (Wildman–Crippen LogP) is 2.27. The fraction of sp³-hybridized carbons (Fsp3) is 0. The highest BCUT2D eigenvalue weighted by Crippen LogP contribution is 2.39. The van der Waals surface area contributed by atoms with Gasteiger partial charge in [-0.3, -0.25) is 0 Å². The lowest BCUT2D eigenvalue weighted by molar-refractivity contribution is 0.429. The van der Waals surface area contributed by atoms with Gasteiger partial charge in [-0.1, -0.05) is 30.3 Å². The number of hydrogen-bond donors (Lipinski definition) is 3. The van der Waals surface area contributed by atoms with Crippen molar-refractivity contribution >= 4 is 0 Å². The fourth-order valence-corrected chi connectivity index (χ4v) is 1.43. The number of benzene rings is 2. The highest BCUT2D eigenvalue weighted by molar-refractivity contribution is 5.76. The topological polar surface area (TPSA) is 60.7 Å². The van der Waals surface area contributed by atoms with Gasteiger partial charge in [0.15, 0.2) is 0 Å². The summed E-state index contributed by atoms with van der Waals surface area (Å²) in [5.41, 5.74) is 0.942. The molecule has 2 aromatic carbocycles. The summed E-state index contributed by atoms with van der Waals surface area (Å²) < 4.78 is 0. The van der Waals surface area contributed by atoms with Crippen molar-refractivity contribution in [3.05, 3.63) is 42.5 Å². The molecular weight excluding hydrogens is 192 g/mol. The summed E-state index contributed by atoms with van der Waals surface area (Å²) in [5.74, 6) is -0.724. The van der Waals surface area contributed by atoms with Crippen LogP contribution in [-0.4, -0.2) is 15.3 Å². The number of phenolic OH excluding ortho intramolecular Hbond substituents is 3. The summed E-state index contributed by atoms with van der Waals surface area (Å²) in [6.07, 6.45) is 0. The summed E-state index contributed by atoms with van der Waals surface area (Å²) >= 11 is 0. The van der Waals surface area contributed by atoms with Crippen LogP contribution in [0, 0.1) is 6.07 Å². The third kappa shape index (κ3) is 1.72. The molecule has 0 aromatic heterocycles. The molecule has 0 saturated heterocycles. The second-order valence-electron chi connectivity index (χ2n) is 3.13. The molecular formula is C12H9O3. The Hall–Kier alpha value is -2.16. The molecule has 75 valence electrons. The highest BCUT2D eigenvalue weighted by atomic mass is 16.3. The number of rotatable bonds is 1. The van der Waals surface area contributed by atoms with Crippen LogP contribution < -0.4 is 0 Å². The van der Waals surface area contributed by atoms with Crippen LogP contribution in [0.5, 0.6) is 17.2 Å². The normalized spacial score (nSPS) is 10.1. The molecule has 0 amide bonds. The van der Waals surface area contributed by atoms with Gasteiger partial charge in [-0.25, -0.2) is 0 Å². The zero-order valence-electron chi connectivity index (χ0n) is 7.81. The van der Waals surface area contributed by atoms with Crippen LogP contribution in [0.3, 0.4) is 0 Å². The Morgan fingerprint density at radius 3 is 2.20 bits per heavy atom. The Bertz CT molecular complexity index is 454. The first-order valence-electron chi connectivity index (χ1n) is 4.41. The van der Waals surface area contributed by atoms with Crippen LogP contribution in [0.25, 0.3) is 11.1 Å². The molecule has 0 unspecified atom stereocenters. The Labute approximate surface area is 86.9 Å². The lowest BCUT2D eigenvalue weighted by Gasteiger charge is -2.07. The Balaban J connectivity index is 2.64. The average molecular weight is 201 g/mol. The van der Waals surface area contributed by atoms with Crippen molar-refractivity contribution in [3.63, 3.8) is 0 Å². The van der Waals surface area contributed by atoms with Gasteiger partial charge in [0.25, 0.3) is 0 Å². The third-order valence-corrected chi connectivity index (χ3v) is 2.08. The first kappa shape index (κ1) is 9.40. The van der Waals surface area contributed by atoms with Crippen molar-refractivity contribution in [3.8, 4) is 28.4 Å². The Morgan fingerprint density at radius 1 is 0.933 bits per heavy atom. The van der Waals surface area contributed by atoms with Gasteiger partial charge in [-0.05, 0) is 5.56 Å². The standard InChI is InChI=1S/C12H9O3/c13-9-6-10(14)12(11(15)7-9)8-4-2-1-3-5-8/h1-6,13-15H. The second-order valence-corrected chi connectivity index (χ2v) is 3.13. The van der Waals surface area contributed by atoms with Crippen molar-refractivity contribution in [2.45, 2.75) is 0 Å². The minimum absolute atomic E-state index is 0.171. The van der Waals surface area contributed by atoms with Crippen molar-refractivity contribution in [1.29, 1.82) is 0 Å². The molecule has 3 N–H and O–H groups in total. The number of hydrogen-bond acceptors (Lipinski definition) is 3. The SMILES string of the molecule is Oc1[c]c(O)c(-c2ccccc2)c(O)c1. The van der Waals surface area contributed by atoms with E-state index in [1.165, 1.54) is 0 Å². The van der Waals surface area contributed by atoms with E-state index in [1.807, 2.05) is 6.07 Å². The van der Waals surface area contributed by atoms with Gasteiger partial charge in [0.2, 0.25) is 0 Å². The van der Waals surface area contributed by atoms with Gasteiger partial charge in [0.1, 0.15) is 17.2 Å². The van der Waals surface area contributed by atoms with Crippen molar-refractivity contribution in [2.75, 3.05) is 0 Å². The summed E-state index contributed by atoms with van der Waals surface area (Å²) in [6.45, 7) is 0. The molecule has 1 radical (unpaired) electrons. The predicted molar refractivity (Wildman–Crippen MR) is 55.7 cm³/mol. The van der Waals surface area contributed by atoms with E-state index in [0.29, 0.717) is 5.56 Å². The minimum atomic E-state index is -0.287. The summed E-state index contributed by atoms with van der Waals surface area (Å²) in [7, 11) is 0. The molecule has 2 rings (SSSR count). The quantitative estimate of drug-likeness (QED) is 0.663. The minimum Gasteiger partial charge on any atom is -0.507 e. The Morgan fingerprint density at radius 2 is 1.60 bits per heavy atom. The molecule has 15 heavy (non-hydrogen) atoms. The van der Waals surface area contributed by atoms with Gasteiger partial charge >= 0.3 is 0 Å². The van der Waals surface area contributed by atoms with E-state index in [9.17, 15) is 10.2 Å². The van der Waals surface area contributed by atoms with Gasteiger partial charge in [-0.2, -0.15) is 0 Å². The van der Waals surface area contributed by atoms with Crippen LogP contribution in [0.2, 0.25) is 0 Å². The van der Waals surface area contributed by atoms with E-state index in [2.05, 4.69) is 6.07 Å². The maximum atomic E-state index is 9.59. The third-order valence-electron chi connectivity index (χ3n) is 2.08. The molecule has 3 nitrogen and oxygen atoms in total. The summed E-state index contributed by atoms with van der Waals surface area (Å²) in [4.78, 5) is 0. The van der Waals surface area contributed by atoms with Crippen molar-refractivity contribution in [2.24, 2.45) is 0 Å². The van der Waals surface area contributed by atoms with Crippen LogP contribution in [-0.2, 0) is 0 Å². The smallest absolute Gasteiger partial charge is 0.138 e. The molecule has 0 aliphatic heterocycles. The van der Waals surface area contributed by atoms with E-state index in [4.69, 9.17) is 5.11 Å². The van der Waals surface area contributed by atoms with E-state index in [0.717, 1.165) is 6.07 Å². The summed E-state index contributed by atoms with van der Waals surface area (Å²) in [6, 6.07) is 12.4. The first-order valence-corrected chi connectivity index (χ1v) is 4.41. The lowest BCUT2D eigenvalue weighted by atomic mass is 10.0. The van der Waals surface area contributed by atoms with Crippen LogP contribution in [0.4, 0.5) is 0 Å². The number of phenols is 3. The van der Waals surface area contributed by atoms with Gasteiger partial charge < -0.3 is 15.3 Å². The van der Waals surface area contributed by atoms with E-state index >= 15 is 0 Å². The van der Waals surface area contributed by atoms with Crippen molar-refractivity contribution < 1.29 is 15.3 Å². The van der Waals surface area contributed by atoms with Gasteiger partial charge in [0.05, 0.1) is 11.6 Å². The van der Waals surface area contributed by atoms with Gasteiger partial charge in [-0.15, -0.1) is 0 Å². The fourth-order valence-electron chi connectivity index (χ4n) is 1.43. The van der Waals surface area contributed by atoms with E-state index in [-0.39, 0.29) is 22.8 Å². The van der Waals surface area contributed by atoms with Crippen LogP contribution in [0.1, 0.15) is 0 Å². The second kappa shape index (κ2) is 3.53. The average Bonchev–Trinajstić information content (AvgIpc) is 2.17. The largest absolute Gasteiger partial charge is 0.507 e. The summed E-state index contributed by atoms with van der Waals surface area (Å²) in [5, 5.41) is 28.2. The molecule has 0 aliphatic carbocycles.